The maximum atomic E-state index is 11.0. The van der Waals surface area contributed by atoms with Crippen LogP contribution in [0.3, 0.4) is 0 Å². The summed E-state index contributed by atoms with van der Waals surface area (Å²) in [6.07, 6.45) is 2.18. The lowest BCUT2D eigenvalue weighted by atomic mass is 10.2. The van der Waals surface area contributed by atoms with Gasteiger partial charge >= 0.3 is 5.97 Å². The Hall–Kier alpha value is -1.81. The van der Waals surface area contributed by atoms with Crippen LogP contribution in [-0.2, 0) is 0 Å². The van der Waals surface area contributed by atoms with Crippen molar-refractivity contribution in [2.75, 3.05) is 0 Å². The zero-order valence-corrected chi connectivity index (χ0v) is 10.3. The van der Waals surface area contributed by atoms with Gasteiger partial charge in [-0.25, -0.2) is 9.48 Å². The zero-order chi connectivity index (χ0) is 12.7. The number of rotatable bonds is 3. The smallest absolute Gasteiger partial charge is 0.356 e. The van der Waals surface area contributed by atoms with Crippen molar-refractivity contribution >= 4 is 17.6 Å². The first kappa shape index (κ1) is 11.3. The second-order valence-electron chi connectivity index (χ2n) is 4.43. The number of carboxylic acids is 1. The quantitative estimate of drug-likeness (QED) is 0.925. The van der Waals surface area contributed by atoms with E-state index in [9.17, 15) is 4.79 Å². The van der Waals surface area contributed by atoms with E-state index in [-0.39, 0.29) is 5.69 Å². The van der Waals surface area contributed by atoms with Gasteiger partial charge in [0.25, 0.3) is 0 Å². The molecule has 0 aliphatic heterocycles. The summed E-state index contributed by atoms with van der Waals surface area (Å²) < 4.78 is 1.69. The van der Waals surface area contributed by atoms with Crippen molar-refractivity contribution in [1.82, 2.24) is 9.78 Å². The largest absolute Gasteiger partial charge is 0.476 e. The van der Waals surface area contributed by atoms with Gasteiger partial charge in [0.1, 0.15) is 0 Å². The molecule has 1 fully saturated rings. The van der Waals surface area contributed by atoms with Gasteiger partial charge in [0.05, 0.1) is 5.69 Å². The predicted octanol–water partition coefficient (Wildman–Crippen LogP) is 3.10. The molecule has 92 valence electrons. The third-order valence-electron chi connectivity index (χ3n) is 3.00. The van der Waals surface area contributed by atoms with Crippen LogP contribution in [0.4, 0.5) is 0 Å². The number of aromatic carboxylic acids is 1. The molecule has 1 saturated carbocycles. The summed E-state index contributed by atoms with van der Waals surface area (Å²) in [6, 6.07) is 8.92. The van der Waals surface area contributed by atoms with Gasteiger partial charge in [-0.3, -0.25) is 0 Å². The molecule has 5 heteroatoms. The van der Waals surface area contributed by atoms with Gasteiger partial charge in [-0.05, 0) is 37.1 Å². The molecule has 18 heavy (non-hydrogen) atoms. The number of benzene rings is 1. The summed E-state index contributed by atoms with van der Waals surface area (Å²) in [5, 5.41) is 13.8. The number of hydrogen-bond acceptors (Lipinski definition) is 2. The van der Waals surface area contributed by atoms with Crippen LogP contribution in [0.1, 0.15) is 34.9 Å². The van der Waals surface area contributed by atoms with Crippen molar-refractivity contribution in [3.05, 3.63) is 46.7 Å². The molecule has 0 unspecified atom stereocenters. The second-order valence-corrected chi connectivity index (χ2v) is 4.86. The van der Waals surface area contributed by atoms with Crippen molar-refractivity contribution in [3.8, 4) is 5.69 Å². The molecule has 1 aliphatic carbocycles. The number of carboxylic acid groups (broad SMARTS) is 1. The molecule has 3 rings (SSSR count). The average molecular weight is 263 g/mol. The highest BCUT2D eigenvalue weighted by Gasteiger charge is 2.29. The highest BCUT2D eigenvalue weighted by Crippen LogP contribution is 2.41. The van der Waals surface area contributed by atoms with Gasteiger partial charge < -0.3 is 5.11 Å². The molecule has 4 nitrogen and oxygen atoms in total. The van der Waals surface area contributed by atoms with Gasteiger partial charge in [-0.15, -0.1) is 0 Å². The van der Waals surface area contributed by atoms with Crippen LogP contribution in [0.5, 0.6) is 0 Å². The Morgan fingerprint density at radius 1 is 1.39 bits per heavy atom. The Morgan fingerprint density at radius 2 is 2.17 bits per heavy atom. The predicted molar refractivity (Wildman–Crippen MR) is 67.5 cm³/mol. The number of carbonyl (C=O) groups is 1. The summed E-state index contributed by atoms with van der Waals surface area (Å²) in [5.74, 6) is -0.581. The first-order valence-electron chi connectivity index (χ1n) is 5.74. The number of aromatic nitrogens is 2. The first-order chi connectivity index (χ1) is 8.65. The highest BCUT2D eigenvalue weighted by atomic mass is 35.5. The minimum absolute atomic E-state index is 0.0804. The molecule has 1 heterocycles. The van der Waals surface area contributed by atoms with E-state index < -0.39 is 5.97 Å². The third-order valence-corrected chi connectivity index (χ3v) is 3.24. The first-order valence-corrected chi connectivity index (χ1v) is 6.12. The standard InChI is InChI=1S/C13H11ClN2O2/c14-9-2-1-3-10(6-9)16-12(8-4-5-8)7-11(15-16)13(17)18/h1-3,6-8H,4-5H2,(H,17,18). The molecular formula is C13H11ClN2O2. The topological polar surface area (TPSA) is 55.1 Å². The normalized spacial score (nSPS) is 14.7. The van der Waals surface area contributed by atoms with Crippen molar-refractivity contribution in [2.24, 2.45) is 0 Å². The van der Waals surface area contributed by atoms with E-state index >= 15 is 0 Å². The number of hydrogen-bond donors (Lipinski definition) is 1. The van der Waals surface area contributed by atoms with E-state index in [1.165, 1.54) is 0 Å². The molecule has 1 N–H and O–H groups in total. The van der Waals surface area contributed by atoms with Crippen molar-refractivity contribution in [2.45, 2.75) is 18.8 Å². The maximum Gasteiger partial charge on any atom is 0.356 e. The minimum Gasteiger partial charge on any atom is -0.476 e. The van der Waals surface area contributed by atoms with Crippen LogP contribution >= 0.6 is 11.6 Å². The van der Waals surface area contributed by atoms with E-state index in [4.69, 9.17) is 16.7 Å². The summed E-state index contributed by atoms with van der Waals surface area (Å²) in [6.45, 7) is 0. The summed E-state index contributed by atoms with van der Waals surface area (Å²) >= 11 is 5.95. The second kappa shape index (κ2) is 4.14. The summed E-state index contributed by atoms with van der Waals surface area (Å²) in [5.41, 5.74) is 1.84. The Balaban J connectivity index is 2.12. The Morgan fingerprint density at radius 3 is 2.78 bits per heavy atom. The minimum atomic E-state index is -1.00. The number of nitrogens with zero attached hydrogens (tertiary/aromatic N) is 2. The van der Waals surface area contributed by atoms with Crippen LogP contribution in [-0.4, -0.2) is 20.9 Å². The Bertz CT molecular complexity index is 617. The molecule has 0 saturated heterocycles. The van der Waals surface area contributed by atoms with Crippen molar-refractivity contribution < 1.29 is 9.90 Å². The van der Waals surface area contributed by atoms with E-state index in [1.54, 1.807) is 22.9 Å². The van der Waals surface area contributed by atoms with Gasteiger partial charge in [0, 0.05) is 16.6 Å². The van der Waals surface area contributed by atoms with E-state index in [1.807, 2.05) is 12.1 Å². The van der Waals surface area contributed by atoms with Gasteiger partial charge in [0.15, 0.2) is 5.69 Å². The summed E-state index contributed by atoms with van der Waals surface area (Å²) in [7, 11) is 0. The van der Waals surface area contributed by atoms with E-state index in [0.717, 1.165) is 24.2 Å². The molecule has 2 aromatic rings. The lowest BCUT2D eigenvalue weighted by Crippen LogP contribution is -2.03. The Labute approximate surface area is 109 Å². The SMILES string of the molecule is O=C(O)c1cc(C2CC2)n(-c2cccc(Cl)c2)n1. The lowest BCUT2D eigenvalue weighted by Gasteiger charge is -2.06. The van der Waals surface area contributed by atoms with Crippen LogP contribution in [0.2, 0.25) is 5.02 Å². The average Bonchev–Trinajstić information content (AvgIpc) is 3.07. The van der Waals surface area contributed by atoms with Crippen molar-refractivity contribution in [3.63, 3.8) is 0 Å². The Kier molecular flexibility index (Phi) is 2.59. The lowest BCUT2D eigenvalue weighted by molar-refractivity contribution is 0.0690. The zero-order valence-electron chi connectivity index (χ0n) is 9.51. The van der Waals surface area contributed by atoms with Crippen molar-refractivity contribution in [1.29, 1.82) is 0 Å². The molecule has 1 aliphatic rings. The fourth-order valence-electron chi connectivity index (χ4n) is 1.98. The maximum absolute atomic E-state index is 11.0. The third kappa shape index (κ3) is 1.99. The van der Waals surface area contributed by atoms with Crippen LogP contribution in [0.15, 0.2) is 30.3 Å². The van der Waals surface area contributed by atoms with Gasteiger partial charge in [-0.2, -0.15) is 5.10 Å². The van der Waals surface area contributed by atoms with Crippen LogP contribution in [0.25, 0.3) is 5.69 Å². The molecule has 0 atom stereocenters. The molecular weight excluding hydrogens is 252 g/mol. The highest BCUT2D eigenvalue weighted by molar-refractivity contribution is 6.30. The van der Waals surface area contributed by atoms with Gasteiger partial charge in [-0.1, -0.05) is 17.7 Å². The fraction of sp³-hybridized carbons (Fsp3) is 0.231. The fourth-order valence-corrected chi connectivity index (χ4v) is 2.17. The van der Waals surface area contributed by atoms with Crippen LogP contribution in [0, 0.1) is 0 Å². The monoisotopic (exact) mass is 262 g/mol. The molecule has 0 radical (unpaired) electrons. The summed E-state index contributed by atoms with van der Waals surface area (Å²) in [4.78, 5) is 11.0. The molecule has 1 aromatic heterocycles. The molecule has 1 aromatic carbocycles. The van der Waals surface area contributed by atoms with E-state index in [2.05, 4.69) is 5.10 Å². The molecule has 0 bridgehead atoms. The van der Waals surface area contributed by atoms with Crippen LogP contribution < -0.4 is 0 Å². The molecule has 0 amide bonds. The van der Waals surface area contributed by atoms with Gasteiger partial charge in [0.2, 0.25) is 0 Å². The van der Waals surface area contributed by atoms with E-state index in [0.29, 0.717) is 10.9 Å². The number of halogens is 1. The molecule has 0 spiro atoms.